The molecule has 0 aliphatic rings. The Hall–Kier alpha value is -1.08. The zero-order chi connectivity index (χ0) is 14.0. The van der Waals surface area contributed by atoms with Crippen LogP contribution in [0.1, 0.15) is 10.4 Å². The van der Waals surface area contributed by atoms with Crippen molar-refractivity contribution in [3.05, 3.63) is 45.1 Å². The fourth-order valence-electron chi connectivity index (χ4n) is 1.74. The number of thiophene rings is 1. The molecule has 0 unspecified atom stereocenters. The van der Waals surface area contributed by atoms with Crippen molar-refractivity contribution in [2.75, 3.05) is 5.32 Å². The number of hydrogen-bond acceptors (Lipinski definition) is 4. The number of nitrogens with one attached hydrogen (secondary N) is 1. The van der Waals surface area contributed by atoms with E-state index in [4.69, 9.17) is 16.7 Å². The third kappa shape index (κ3) is 3.48. The standard InChI is InChI=1S/C12H13ClN2O2S2/c1-8-10(3-2-4-11(8)19(14,16)17)15-7-9-5-6-12(13)18-9/h2-6,15H,7H2,1H3,(H2,14,16,17). The zero-order valence-corrected chi connectivity index (χ0v) is 12.6. The highest BCUT2D eigenvalue weighted by Crippen LogP contribution is 2.25. The van der Waals surface area contributed by atoms with Gasteiger partial charge < -0.3 is 5.32 Å². The number of hydrogen-bond donors (Lipinski definition) is 2. The van der Waals surface area contributed by atoms with Crippen LogP contribution in [0.15, 0.2) is 35.2 Å². The molecule has 0 bridgehead atoms. The average Bonchev–Trinajstić information content (AvgIpc) is 2.72. The molecule has 102 valence electrons. The molecule has 1 heterocycles. The van der Waals surface area contributed by atoms with E-state index < -0.39 is 10.0 Å². The lowest BCUT2D eigenvalue weighted by Gasteiger charge is -2.11. The summed E-state index contributed by atoms with van der Waals surface area (Å²) in [5, 5.41) is 8.35. The minimum atomic E-state index is -3.69. The van der Waals surface area contributed by atoms with Crippen LogP contribution in [-0.4, -0.2) is 8.42 Å². The highest BCUT2D eigenvalue weighted by Gasteiger charge is 2.13. The van der Waals surface area contributed by atoms with Gasteiger partial charge in [0.15, 0.2) is 0 Å². The molecule has 4 nitrogen and oxygen atoms in total. The normalized spacial score (nSPS) is 11.5. The van der Waals surface area contributed by atoms with E-state index in [0.717, 1.165) is 14.9 Å². The molecule has 0 radical (unpaired) electrons. The molecule has 0 aliphatic heterocycles. The Morgan fingerprint density at radius 1 is 1.32 bits per heavy atom. The lowest BCUT2D eigenvalue weighted by Crippen LogP contribution is -2.14. The third-order valence-corrected chi connectivity index (χ3v) is 4.96. The van der Waals surface area contributed by atoms with Gasteiger partial charge in [-0.3, -0.25) is 0 Å². The van der Waals surface area contributed by atoms with Crippen LogP contribution in [0.3, 0.4) is 0 Å². The molecule has 1 aromatic heterocycles. The van der Waals surface area contributed by atoms with Crippen molar-refractivity contribution in [3.63, 3.8) is 0 Å². The van der Waals surface area contributed by atoms with E-state index >= 15 is 0 Å². The van der Waals surface area contributed by atoms with Gasteiger partial charge in [0.2, 0.25) is 10.0 Å². The van der Waals surface area contributed by atoms with Crippen molar-refractivity contribution >= 4 is 38.6 Å². The summed E-state index contributed by atoms with van der Waals surface area (Å²) in [5.74, 6) is 0. The summed E-state index contributed by atoms with van der Waals surface area (Å²) in [7, 11) is -3.69. The SMILES string of the molecule is Cc1c(NCc2ccc(Cl)s2)cccc1S(N)(=O)=O. The number of sulfonamides is 1. The summed E-state index contributed by atoms with van der Waals surface area (Å²) in [6.07, 6.45) is 0. The van der Waals surface area contributed by atoms with E-state index in [1.165, 1.54) is 17.4 Å². The van der Waals surface area contributed by atoms with Gasteiger partial charge in [0.1, 0.15) is 0 Å². The Bertz CT molecular complexity index is 696. The molecular formula is C12H13ClN2O2S2. The first-order valence-corrected chi connectivity index (χ1v) is 8.22. The van der Waals surface area contributed by atoms with Crippen molar-refractivity contribution < 1.29 is 8.42 Å². The maximum Gasteiger partial charge on any atom is 0.238 e. The van der Waals surface area contributed by atoms with Crippen LogP contribution in [0.4, 0.5) is 5.69 Å². The van der Waals surface area contributed by atoms with Crippen LogP contribution in [0.2, 0.25) is 4.34 Å². The lowest BCUT2D eigenvalue weighted by molar-refractivity contribution is 0.597. The van der Waals surface area contributed by atoms with Crippen molar-refractivity contribution in [1.29, 1.82) is 0 Å². The van der Waals surface area contributed by atoms with Gasteiger partial charge >= 0.3 is 0 Å². The second kappa shape index (κ2) is 5.50. The van der Waals surface area contributed by atoms with Crippen LogP contribution in [-0.2, 0) is 16.6 Å². The minimum absolute atomic E-state index is 0.140. The lowest BCUT2D eigenvalue weighted by atomic mass is 10.2. The second-order valence-corrected chi connectivity index (χ2v) is 7.36. The van der Waals surface area contributed by atoms with Crippen LogP contribution < -0.4 is 10.5 Å². The van der Waals surface area contributed by atoms with E-state index in [0.29, 0.717) is 12.1 Å². The van der Waals surface area contributed by atoms with E-state index in [9.17, 15) is 8.42 Å². The minimum Gasteiger partial charge on any atom is -0.380 e. The smallest absolute Gasteiger partial charge is 0.238 e. The Morgan fingerprint density at radius 3 is 2.63 bits per heavy atom. The topological polar surface area (TPSA) is 72.2 Å². The highest BCUT2D eigenvalue weighted by atomic mass is 35.5. The second-order valence-electron chi connectivity index (χ2n) is 4.03. The quantitative estimate of drug-likeness (QED) is 0.911. The molecule has 7 heteroatoms. The summed E-state index contributed by atoms with van der Waals surface area (Å²) >= 11 is 7.34. The van der Waals surface area contributed by atoms with Gasteiger partial charge in [0.25, 0.3) is 0 Å². The highest BCUT2D eigenvalue weighted by molar-refractivity contribution is 7.89. The van der Waals surface area contributed by atoms with Crippen LogP contribution in [0.5, 0.6) is 0 Å². The van der Waals surface area contributed by atoms with Gasteiger partial charge in [0, 0.05) is 17.1 Å². The average molecular weight is 317 g/mol. The molecule has 0 saturated carbocycles. The molecule has 0 atom stereocenters. The molecule has 0 fully saturated rings. The molecule has 0 amide bonds. The first kappa shape index (κ1) is 14.3. The molecule has 0 aliphatic carbocycles. The van der Waals surface area contributed by atoms with Gasteiger partial charge in [-0.1, -0.05) is 17.7 Å². The summed E-state index contributed by atoms with van der Waals surface area (Å²) in [5.41, 5.74) is 1.36. The Kier molecular flexibility index (Phi) is 4.15. The van der Waals surface area contributed by atoms with Crippen LogP contribution >= 0.6 is 22.9 Å². The van der Waals surface area contributed by atoms with E-state index in [1.54, 1.807) is 13.0 Å². The molecule has 2 aromatic rings. The summed E-state index contributed by atoms with van der Waals surface area (Å²) in [6.45, 7) is 2.32. The maximum absolute atomic E-state index is 11.4. The van der Waals surface area contributed by atoms with Gasteiger partial charge in [-0.15, -0.1) is 11.3 Å². The van der Waals surface area contributed by atoms with E-state index in [2.05, 4.69) is 5.32 Å². The Labute approximate surface area is 121 Å². The number of benzene rings is 1. The number of halogens is 1. The third-order valence-electron chi connectivity index (χ3n) is 2.67. The van der Waals surface area contributed by atoms with Gasteiger partial charge in [-0.2, -0.15) is 0 Å². The maximum atomic E-state index is 11.4. The van der Waals surface area contributed by atoms with Gasteiger partial charge in [-0.25, -0.2) is 13.6 Å². The molecule has 19 heavy (non-hydrogen) atoms. The van der Waals surface area contributed by atoms with Gasteiger partial charge in [-0.05, 0) is 36.8 Å². The van der Waals surface area contributed by atoms with Crippen molar-refractivity contribution in [1.82, 2.24) is 0 Å². The molecule has 0 saturated heterocycles. The Balaban J connectivity index is 2.22. The predicted octanol–water partition coefficient (Wildman–Crippen LogP) is 2.97. The molecule has 3 N–H and O–H groups in total. The molecule has 0 spiro atoms. The van der Waals surface area contributed by atoms with Crippen molar-refractivity contribution in [3.8, 4) is 0 Å². The molecule has 2 rings (SSSR count). The first-order valence-electron chi connectivity index (χ1n) is 5.48. The fourth-order valence-corrected chi connectivity index (χ4v) is 3.58. The first-order chi connectivity index (χ1) is 8.88. The Morgan fingerprint density at radius 2 is 2.05 bits per heavy atom. The number of nitrogens with two attached hydrogens (primary N) is 1. The molecule has 1 aromatic carbocycles. The zero-order valence-electron chi connectivity index (χ0n) is 10.2. The fraction of sp³-hybridized carbons (Fsp3) is 0.167. The van der Waals surface area contributed by atoms with Crippen molar-refractivity contribution in [2.24, 2.45) is 5.14 Å². The van der Waals surface area contributed by atoms with E-state index in [-0.39, 0.29) is 4.90 Å². The predicted molar refractivity (Wildman–Crippen MR) is 79.2 cm³/mol. The van der Waals surface area contributed by atoms with Crippen LogP contribution in [0, 0.1) is 6.92 Å². The monoisotopic (exact) mass is 316 g/mol. The summed E-state index contributed by atoms with van der Waals surface area (Å²) in [4.78, 5) is 1.21. The molecular weight excluding hydrogens is 304 g/mol. The summed E-state index contributed by atoms with van der Waals surface area (Å²) < 4.78 is 23.6. The van der Waals surface area contributed by atoms with Gasteiger partial charge in [0.05, 0.1) is 9.23 Å². The number of rotatable bonds is 4. The van der Waals surface area contributed by atoms with E-state index in [1.807, 2.05) is 18.2 Å². The van der Waals surface area contributed by atoms with Crippen molar-refractivity contribution in [2.45, 2.75) is 18.4 Å². The summed E-state index contributed by atoms with van der Waals surface area (Å²) in [6, 6.07) is 8.74. The largest absolute Gasteiger partial charge is 0.380 e. The number of primary sulfonamides is 1. The number of anilines is 1. The van der Waals surface area contributed by atoms with Crippen LogP contribution in [0.25, 0.3) is 0 Å².